The Morgan fingerprint density at radius 1 is 1.16 bits per heavy atom. The minimum Gasteiger partial charge on any atom is -0.451 e. The van der Waals surface area contributed by atoms with E-state index in [9.17, 15) is 18.0 Å². The number of hydrogen-bond donors (Lipinski definition) is 1. The molecule has 1 aromatic heterocycles. The van der Waals surface area contributed by atoms with Gasteiger partial charge in [-0.15, -0.1) is 0 Å². The average molecular weight is 427 g/mol. The number of pyridine rings is 1. The Morgan fingerprint density at radius 2 is 1.80 bits per heavy atom. The van der Waals surface area contributed by atoms with E-state index in [0.717, 1.165) is 6.26 Å². The van der Waals surface area contributed by atoms with Gasteiger partial charge in [-0.25, -0.2) is 13.2 Å². The van der Waals surface area contributed by atoms with Crippen LogP contribution in [0.15, 0.2) is 47.2 Å². The van der Waals surface area contributed by atoms with Crippen molar-refractivity contribution in [2.24, 2.45) is 0 Å². The molecule has 0 aliphatic heterocycles. The van der Waals surface area contributed by atoms with Gasteiger partial charge in [-0.2, -0.15) is 0 Å². The fourth-order valence-corrected chi connectivity index (χ4v) is 2.89. The minimum atomic E-state index is -3.39. The molecule has 7 nitrogen and oxygen atoms in total. The summed E-state index contributed by atoms with van der Waals surface area (Å²) >= 11 is 3.20. The molecule has 0 saturated carbocycles. The fourth-order valence-electron chi connectivity index (χ4n) is 1.96. The van der Waals surface area contributed by atoms with Crippen LogP contribution in [-0.4, -0.2) is 37.5 Å². The van der Waals surface area contributed by atoms with E-state index in [1.54, 1.807) is 0 Å². The van der Waals surface area contributed by atoms with Crippen LogP contribution < -0.4 is 4.72 Å². The lowest BCUT2D eigenvalue weighted by Crippen LogP contribution is -2.24. The van der Waals surface area contributed by atoms with Gasteiger partial charge in [0, 0.05) is 28.1 Å². The van der Waals surface area contributed by atoms with E-state index < -0.39 is 27.9 Å². The standard InChI is InChI=1S/C16H15BrN2O5S/c1-10(24-16(21)12-7-13(17)9-18-8-12)15(20)11-3-5-14(6-4-11)19-25(2,22)23/h3-10,19H,1-2H3. The van der Waals surface area contributed by atoms with Crippen molar-refractivity contribution in [3.63, 3.8) is 0 Å². The van der Waals surface area contributed by atoms with Crippen LogP contribution in [0.5, 0.6) is 0 Å². The van der Waals surface area contributed by atoms with Crippen LogP contribution in [0.3, 0.4) is 0 Å². The molecule has 1 unspecified atom stereocenters. The molecular formula is C16H15BrN2O5S. The van der Waals surface area contributed by atoms with Gasteiger partial charge in [0.25, 0.3) is 0 Å². The first-order chi connectivity index (χ1) is 11.7. The first kappa shape index (κ1) is 19.1. The Balaban J connectivity index is 2.05. The Hall–Kier alpha value is -2.26. The molecule has 1 atom stereocenters. The maximum atomic E-state index is 12.3. The van der Waals surface area contributed by atoms with Gasteiger partial charge in [0.05, 0.1) is 11.8 Å². The van der Waals surface area contributed by atoms with Crippen LogP contribution in [0.25, 0.3) is 0 Å². The summed E-state index contributed by atoms with van der Waals surface area (Å²) in [7, 11) is -3.39. The van der Waals surface area contributed by atoms with Crippen LogP contribution in [0.4, 0.5) is 5.69 Å². The van der Waals surface area contributed by atoms with E-state index in [2.05, 4.69) is 25.6 Å². The van der Waals surface area contributed by atoms with E-state index in [4.69, 9.17) is 4.74 Å². The lowest BCUT2D eigenvalue weighted by Gasteiger charge is -2.13. The number of benzene rings is 1. The summed E-state index contributed by atoms with van der Waals surface area (Å²) in [5.74, 6) is -1.06. The van der Waals surface area contributed by atoms with Crippen molar-refractivity contribution in [2.75, 3.05) is 11.0 Å². The third-order valence-electron chi connectivity index (χ3n) is 3.07. The highest BCUT2D eigenvalue weighted by molar-refractivity contribution is 9.10. The quantitative estimate of drug-likeness (QED) is 0.562. The van der Waals surface area contributed by atoms with Crippen LogP contribution in [0.1, 0.15) is 27.6 Å². The molecule has 0 aliphatic carbocycles. The Labute approximate surface area is 153 Å². The smallest absolute Gasteiger partial charge is 0.340 e. The Bertz CT molecular complexity index is 897. The summed E-state index contributed by atoms with van der Waals surface area (Å²) in [5, 5.41) is 0. The largest absolute Gasteiger partial charge is 0.451 e. The molecule has 1 N–H and O–H groups in total. The summed E-state index contributed by atoms with van der Waals surface area (Å²) in [4.78, 5) is 28.2. The highest BCUT2D eigenvalue weighted by Gasteiger charge is 2.21. The number of nitrogens with one attached hydrogen (secondary N) is 1. The van der Waals surface area contributed by atoms with Crippen molar-refractivity contribution in [1.82, 2.24) is 4.98 Å². The number of ketones is 1. The summed E-state index contributed by atoms with van der Waals surface area (Å²) in [6, 6.07) is 7.38. The highest BCUT2D eigenvalue weighted by Crippen LogP contribution is 2.15. The third kappa shape index (κ3) is 5.64. The number of Topliss-reactive ketones (excluding diaryl/α,β-unsaturated/α-hetero) is 1. The van der Waals surface area contributed by atoms with Crippen molar-refractivity contribution < 1.29 is 22.7 Å². The number of nitrogens with zero attached hydrogens (tertiary/aromatic N) is 1. The number of anilines is 1. The zero-order valence-corrected chi connectivity index (χ0v) is 15.8. The Kier molecular flexibility index (Phi) is 5.91. The molecule has 9 heteroatoms. The summed E-state index contributed by atoms with van der Waals surface area (Å²) in [6.07, 6.45) is 2.90. The lowest BCUT2D eigenvalue weighted by atomic mass is 10.1. The lowest BCUT2D eigenvalue weighted by molar-refractivity contribution is 0.0318. The molecule has 1 heterocycles. The number of esters is 1. The van der Waals surface area contributed by atoms with Crippen molar-refractivity contribution in [2.45, 2.75) is 13.0 Å². The predicted molar refractivity (Wildman–Crippen MR) is 96.1 cm³/mol. The van der Waals surface area contributed by atoms with Crippen LogP contribution in [-0.2, 0) is 14.8 Å². The fraction of sp³-hybridized carbons (Fsp3) is 0.188. The van der Waals surface area contributed by atoms with Crippen molar-refractivity contribution in [1.29, 1.82) is 0 Å². The number of carbonyl (C=O) groups is 2. The zero-order valence-electron chi connectivity index (χ0n) is 13.4. The second-order valence-corrected chi connectivity index (χ2v) is 7.92. The molecule has 0 spiro atoms. The number of aromatic nitrogens is 1. The van der Waals surface area contributed by atoms with Gasteiger partial charge in [-0.05, 0) is 53.2 Å². The van der Waals surface area contributed by atoms with Crippen molar-refractivity contribution in [3.05, 3.63) is 58.3 Å². The summed E-state index contributed by atoms with van der Waals surface area (Å²) in [5.41, 5.74) is 0.859. The molecule has 0 bridgehead atoms. The molecule has 25 heavy (non-hydrogen) atoms. The second kappa shape index (κ2) is 7.75. The van der Waals surface area contributed by atoms with E-state index in [1.807, 2.05) is 0 Å². The average Bonchev–Trinajstić information content (AvgIpc) is 2.53. The zero-order chi connectivity index (χ0) is 18.6. The van der Waals surface area contributed by atoms with Crippen LogP contribution in [0, 0.1) is 0 Å². The number of halogens is 1. The third-order valence-corrected chi connectivity index (χ3v) is 4.11. The predicted octanol–water partition coefficient (Wildman–Crippen LogP) is 2.64. The molecular weight excluding hydrogens is 412 g/mol. The van der Waals surface area contributed by atoms with Gasteiger partial charge >= 0.3 is 5.97 Å². The highest BCUT2D eigenvalue weighted by atomic mass is 79.9. The van der Waals surface area contributed by atoms with Gasteiger partial charge in [0.15, 0.2) is 6.10 Å². The van der Waals surface area contributed by atoms with Gasteiger partial charge in [-0.1, -0.05) is 0 Å². The van der Waals surface area contributed by atoms with Crippen molar-refractivity contribution >= 4 is 43.4 Å². The SMILES string of the molecule is CC(OC(=O)c1cncc(Br)c1)C(=O)c1ccc(NS(C)(=O)=O)cc1. The van der Waals surface area contributed by atoms with Crippen molar-refractivity contribution in [3.8, 4) is 0 Å². The molecule has 0 amide bonds. The normalized spacial score (nSPS) is 12.3. The van der Waals surface area contributed by atoms with Gasteiger partial charge in [0.1, 0.15) is 0 Å². The minimum absolute atomic E-state index is 0.224. The molecule has 0 radical (unpaired) electrons. The maximum absolute atomic E-state index is 12.3. The monoisotopic (exact) mass is 426 g/mol. The van der Waals surface area contributed by atoms with Gasteiger partial charge in [0.2, 0.25) is 15.8 Å². The Morgan fingerprint density at radius 3 is 2.36 bits per heavy atom. The maximum Gasteiger partial charge on any atom is 0.340 e. The molecule has 1 aromatic carbocycles. The number of ether oxygens (including phenoxy) is 1. The van der Waals surface area contributed by atoms with Crippen LogP contribution in [0.2, 0.25) is 0 Å². The number of rotatable bonds is 6. The van der Waals surface area contributed by atoms with E-state index in [0.29, 0.717) is 15.7 Å². The van der Waals surface area contributed by atoms with Gasteiger partial charge in [-0.3, -0.25) is 14.5 Å². The number of hydrogen-bond acceptors (Lipinski definition) is 6. The first-order valence-corrected chi connectivity index (χ1v) is 9.78. The molecule has 132 valence electrons. The molecule has 0 fully saturated rings. The van der Waals surface area contributed by atoms with E-state index >= 15 is 0 Å². The molecule has 0 saturated heterocycles. The van der Waals surface area contributed by atoms with E-state index in [-0.39, 0.29) is 5.56 Å². The second-order valence-electron chi connectivity index (χ2n) is 5.26. The number of sulfonamides is 1. The topological polar surface area (TPSA) is 102 Å². The van der Waals surface area contributed by atoms with Crippen LogP contribution >= 0.6 is 15.9 Å². The first-order valence-electron chi connectivity index (χ1n) is 7.09. The summed E-state index contributed by atoms with van der Waals surface area (Å²) in [6.45, 7) is 1.47. The molecule has 0 aliphatic rings. The summed E-state index contributed by atoms with van der Waals surface area (Å²) < 4.78 is 30.4. The van der Waals surface area contributed by atoms with E-state index in [1.165, 1.54) is 49.6 Å². The number of carbonyl (C=O) groups excluding carboxylic acids is 2. The molecule has 2 rings (SSSR count). The van der Waals surface area contributed by atoms with Gasteiger partial charge < -0.3 is 4.74 Å². The molecule has 2 aromatic rings.